The molecule has 0 radical (unpaired) electrons. The summed E-state index contributed by atoms with van der Waals surface area (Å²) in [7, 11) is 1.00. The quantitative estimate of drug-likeness (QED) is 0.321. The molecular weight excluding hydrogens is 472 g/mol. The average molecular weight is 519 g/mol. The molecule has 1 heterocycles. The Morgan fingerprint density at radius 2 is 1.55 bits per heavy atom. The number of amides is 1. The van der Waals surface area contributed by atoms with Crippen molar-refractivity contribution in [1.29, 1.82) is 0 Å². The number of piperidine rings is 1. The summed E-state index contributed by atoms with van der Waals surface area (Å²) in [6, 6.07) is 24.8. The van der Waals surface area contributed by atoms with E-state index in [4.69, 9.17) is 16.6 Å². The number of nitrogens with one attached hydrogen (secondary N) is 1. The molecule has 0 aromatic heterocycles. The zero-order valence-electron chi connectivity index (χ0n) is 23.5. The van der Waals surface area contributed by atoms with E-state index in [1.54, 1.807) is 0 Å². The molecule has 6 N–H and O–H groups in total. The SMILES string of the molecule is CC(C)CCc1ccc(-c2ccccc2C(=O)Nc2ccc(N3CCC(N)CC3)cc2)cc1.CCN.CO. The fourth-order valence-corrected chi connectivity index (χ4v) is 4.35. The summed E-state index contributed by atoms with van der Waals surface area (Å²) in [6.07, 6.45) is 4.31. The predicted molar refractivity (Wildman–Crippen MR) is 162 cm³/mol. The van der Waals surface area contributed by atoms with Gasteiger partial charge in [0.05, 0.1) is 0 Å². The molecule has 3 aromatic carbocycles. The fraction of sp³-hybridized carbons (Fsp3) is 0.406. The molecule has 0 bridgehead atoms. The number of benzene rings is 3. The minimum Gasteiger partial charge on any atom is -0.400 e. The van der Waals surface area contributed by atoms with E-state index in [0.717, 1.165) is 62.8 Å². The lowest BCUT2D eigenvalue weighted by atomic mass is 9.96. The van der Waals surface area contributed by atoms with Crippen molar-refractivity contribution in [2.24, 2.45) is 17.4 Å². The van der Waals surface area contributed by atoms with Gasteiger partial charge in [0, 0.05) is 43.2 Å². The molecule has 38 heavy (non-hydrogen) atoms. The van der Waals surface area contributed by atoms with Crippen molar-refractivity contribution < 1.29 is 9.90 Å². The van der Waals surface area contributed by atoms with Gasteiger partial charge in [-0.3, -0.25) is 4.79 Å². The topological polar surface area (TPSA) is 105 Å². The number of carbonyl (C=O) groups excluding carboxylic acids is 1. The van der Waals surface area contributed by atoms with Gasteiger partial charge in [-0.15, -0.1) is 0 Å². The molecule has 1 amide bonds. The van der Waals surface area contributed by atoms with E-state index < -0.39 is 0 Å². The lowest BCUT2D eigenvalue weighted by Crippen LogP contribution is -2.39. The van der Waals surface area contributed by atoms with Crippen LogP contribution in [0.5, 0.6) is 0 Å². The van der Waals surface area contributed by atoms with Crippen LogP contribution < -0.4 is 21.7 Å². The number of aryl methyl sites for hydroxylation is 1. The van der Waals surface area contributed by atoms with Crippen LogP contribution in [-0.4, -0.2) is 43.8 Å². The molecule has 1 aliphatic heterocycles. The maximum absolute atomic E-state index is 13.1. The zero-order valence-corrected chi connectivity index (χ0v) is 23.5. The van der Waals surface area contributed by atoms with Crippen LogP contribution >= 0.6 is 0 Å². The molecule has 1 saturated heterocycles. The molecule has 206 valence electrons. The maximum atomic E-state index is 13.1. The number of rotatable bonds is 7. The second kappa shape index (κ2) is 16.6. The number of hydrogen-bond donors (Lipinski definition) is 4. The first-order chi connectivity index (χ1) is 18.4. The van der Waals surface area contributed by atoms with Crippen molar-refractivity contribution in [3.63, 3.8) is 0 Å². The van der Waals surface area contributed by atoms with Crippen LogP contribution in [0.2, 0.25) is 0 Å². The number of nitrogens with zero attached hydrogens (tertiary/aromatic N) is 1. The molecule has 1 aliphatic rings. The van der Waals surface area contributed by atoms with Crippen LogP contribution in [-0.2, 0) is 6.42 Å². The van der Waals surface area contributed by atoms with E-state index >= 15 is 0 Å². The number of nitrogens with two attached hydrogens (primary N) is 2. The van der Waals surface area contributed by atoms with E-state index in [9.17, 15) is 4.79 Å². The normalized spacial score (nSPS) is 13.2. The highest BCUT2D eigenvalue weighted by Gasteiger charge is 2.17. The monoisotopic (exact) mass is 518 g/mol. The van der Waals surface area contributed by atoms with Crippen molar-refractivity contribution in [1.82, 2.24) is 0 Å². The molecule has 6 heteroatoms. The smallest absolute Gasteiger partial charge is 0.256 e. The maximum Gasteiger partial charge on any atom is 0.256 e. The molecule has 0 atom stereocenters. The van der Waals surface area contributed by atoms with Crippen molar-refractivity contribution in [2.45, 2.75) is 52.5 Å². The van der Waals surface area contributed by atoms with Gasteiger partial charge in [-0.05, 0) is 85.2 Å². The van der Waals surface area contributed by atoms with Gasteiger partial charge in [0.25, 0.3) is 5.91 Å². The van der Waals surface area contributed by atoms with Gasteiger partial charge in [0.2, 0.25) is 0 Å². The average Bonchev–Trinajstić information content (AvgIpc) is 2.94. The summed E-state index contributed by atoms with van der Waals surface area (Å²) in [5.41, 5.74) is 16.9. The predicted octanol–water partition coefficient (Wildman–Crippen LogP) is 5.70. The van der Waals surface area contributed by atoms with Gasteiger partial charge in [0.1, 0.15) is 0 Å². The second-order valence-corrected chi connectivity index (χ2v) is 9.91. The van der Waals surface area contributed by atoms with Gasteiger partial charge in [-0.2, -0.15) is 0 Å². The Morgan fingerprint density at radius 1 is 0.974 bits per heavy atom. The van der Waals surface area contributed by atoms with Crippen molar-refractivity contribution in [3.05, 3.63) is 83.9 Å². The van der Waals surface area contributed by atoms with Crippen LogP contribution in [0.25, 0.3) is 11.1 Å². The first kappa shape index (κ1) is 31.0. The second-order valence-electron chi connectivity index (χ2n) is 9.91. The number of hydrogen-bond acceptors (Lipinski definition) is 5. The first-order valence-electron chi connectivity index (χ1n) is 13.7. The van der Waals surface area contributed by atoms with Crippen molar-refractivity contribution in [3.8, 4) is 11.1 Å². The van der Waals surface area contributed by atoms with Gasteiger partial charge in [0.15, 0.2) is 0 Å². The highest BCUT2D eigenvalue weighted by molar-refractivity contribution is 6.08. The Kier molecular flexibility index (Phi) is 13.6. The number of carbonyl (C=O) groups is 1. The third kappa shape index (κ3) is 9.60. The van der Waals surface area contributed by atoms with E-state index in [1.165, 1.54) is 17.7 Å². The molecular formula is C32H46N4O2. The lowest BCUT2D eigenvalue weighted by Gasteiger charge is -2.32. The summed E-state index contributed by atoms with van der Waals surface area (Å²) in [5, 5.41) is 10.1. The third-order valence-corrected chi connectivity index (χ3v) is 6.48. The van der Waals surface area contributed by atoms with Crippen molar-refractivity contribution >= 4 is 17.3 Å². The van der Waals surface area contributed by atoms with Crippen LogP contribution in [0, 0.1) is 5.92 Å². The molecule has 4 rings (SSSR count). The summed E-state index contributed by atoms with van der Waals surface area (Å²) in [4.78, 5) is 15.5. The van der Waals surface area contributed by atoms with Crippen molar-refractivity contribution in [2.75, 3.05) is 37.0 Å². The largest absolute Gasteiger partial charge is 0.400 e. The van der Waals surface area contributed by atoms with E-state index in [-0.39, 0.29) is 5.91 Å². The molecule has 6 nitrogen and oxygen atoms in total. The van der Waals surface area contributed by atoms with E-state index in [1.807, 2.05) is 43.3 Å². The number of aliphatic hydroxyl groups is 1. The fourth-order valence-electron chi connectivity index (χ4n) is 4.35. The minimum atomic E-state index is -0.0915. The standard InChI is InChI=1S/C29H35N3O.C2H7N.CH4O/c1-21(2)7-8-22-9-11-23(12-10-22)27-5-3-4-6-28(27)29(33)31-25-13-15-26(16-14-25)32-19-17-24(30)18-20-32;1-2-3;1-2/h3-6,9-16,21,24H,7-8,17-20,30H2,1-2H3,(H,31,33);2-3H2,1H3;2H,1H3. The molecule has 0 unspecified atom stereocenters. The minimum absolute atomic E-state index is 0.0915. The van der Waals surface area contributed by atoms with Gasteiger partial charge < -0.3 is 26.8 Å². The summed E-state index contributed by atoms with van der Waals surface area (Å²) in [5.74, 6) is 0.604. The lowest BCUT2D eigenvalue weighted by molar-refractivity contribution is 0.102. The number of anilines is 2. The Hall–Kier alpha value is -3.19. The Labute approximate surface area is 229 Å². The number of aliphatic hydroxyl groups excluding tert-OH is 1. The van der Waals surface area contributed by atoms with Crippen LogP contribution in [0.4, 0.5) is 11.4 Å². The molecule has 1 fully saturated rings. The summed E-state index contributed by atoms with van der Waals surface area (Å²) in [6.45, 7) is 9.12. The Bertz CT molecular complexity index is 1070. The van der Waals surface area contributed by atoms with Crippen LogP contribution in [0.15, 0.2) is 72.8 Å². The zero-order chi connectivity index (χ0) is 27.9. The van der Waals surface area contributed by atoms with Crippen LogP contribution in [0.3, 0.4) is 0 Å². The van der Waals surface area contributed by atoms with Gasteiger partial charge in [-0.25, -0.2) is 0 Å². The first-order valence-corrected chi connectivity index (χ1v) is 13.7. The Balaban J connectivity index is 0.000000947. The van der Waals surface area contributed by atoms with E-state index in [0.29, 0.717) is 17.5 Å². The third-order valence-electron chi connectivity index (χ3n) is 6.48. The highest BCUT2D eigenvalue weighted by atomic mass is 16.2. The molecule has 0 aliphatic carbocycles. The highest BCUT2D eigenvalue weighted by Crippen LogP contribution is 2.26. The van der Waals surface area contributed by atoms with E-state index in [2.05, 4.69) is 60.5 Å². The summed E-state index contributed by atoms with van der Waals surface area (Å²) >= 11 is 0. The van der Waals surface area contributed by atoms with Gasteiger partial charge in [-0.1, -0.05) is 63.2 Å². The molecule has 0 spiro atoms. The van der Waals surface area contributed by atoms with Gasteiger partial charge >= 0.3 is 0 Å². The summed E-state index contributed by atoms with van der Waals surface area (Å²) < 4.78 is 0. The van der Waals surface area contributed by atoms with Crippen LogP contribution in [0.1, 0.15) is 56.0 Å². The molecule has 0 saturated carbocycles. The Morgan fingerprint density at radius 3 is 2.13 bits per heavy atom. The molecule has 3 aromatic rings.